The molecule has 8 nitrogen and oxygen atoms in total. The fourth-order valence-electron chi connectivity index (χ4n) is 6.65. The molecule has 1 saturated carbocycles. The van der Waals surface area contributed by atoms with Gasteiger partial charge in [0, 0.05) is 5.41 Å². The number of allylic oxidation sites excluding steroid dienone is 1. The average molecular weight is 485 g/mol. The van der Waals surface area contributed by atoms with E-state index in [1.807, 2.05) is 0 Å². The van der Waals surface area contributed by atoms with Crippen molar-refractivity contribution in [2.24, 2.45) is 22.7 Å². The van der Waals surface area contributed by atoms with Crippen molar-refractivity contribution < 1.29 is 40.1 Å². The molecule has 0 amide bonds. The van der Waals surface area contributed by atoms with Gasteiger partial charge in [0.15, 0.2) is 6.29 Å². The van der Waals surface area contributed by atoms with E-state index in [1.54, 1.807) is 6.08 Å². The molecule has 3 rings (SSSR count). The lowest BCUT2D eigenvalue weighted by Gasteiger charge is -2.59. The summed E-state index contributed by atoms with van der Waals surface area (Å²) in [6.07, 6.45) is 3.10. The highest BCUT2D eigenvalue weighted by Crippen LogP contribution is 2.62. The van der Waals surface area contributed by atoms with Crippen LogP contribution < -0.4 is 0 Å². The number of aliphatic hydroxyl groups excluding tert-OH is 6. The average Bonchev–Trinajstić information content (AvgIpc) is 2.83. The first-order chi connectivity index (χ1) is 16.1. The highest BCUT2D eigenvalue weighted by atomic mass is 16.7. The van der Waals surface area contributed by atoms with Crippen LogP contribution in [0.15, 0.2) is 23.3 Å². The normalized spacial score (nSPS) is 43.4. The van der Waals surface area contributed by atoms with Crippen LogP contribution in [0.25, 0.3) is 0 Å². The van der Waals surface area contributed by atoms with Crippen LogP contribution in [-0.2, 0) is 9.47 Å². The lowest BCUT2D eigenvalue weighted by atomic mass is 9.46. The number of ether oxygens (including phenoxy) is 2. The molecule has 6 N–H and O–H groups in total. The van der Waals surface area contributed by atoms with Crippen LogP contribution in [-0.4, -0.2) is 87.8 Å². The van der Waals surface area contributed by atoms with Crippen molar-refractivity contribution in [3.05, 3.63) is 23.3 Å². The molecular formula is C26H44O8. The predicted molar refractivity (Wildman–Crippen MR) is 127 cm³/mol. The fraction of sp³-hybridized carbons (Fsp3) is 0.846. The van der Waals surface area contributed by atoms with Crippen LogP contribution in [0, 0.1) is 22.7 Å². The van der Waals surface area contributed by atoms with Gasteiger partial charge < -0.3 is 40.1 Å². The Morgan fingerprint density at radius 1 is 1.15 bits per heavy atom. The van der Waals surface area contributed by atoms with Gasteiger partial charge >= 0.3 is 0 Å². The first-order valence-corrected chi connectivity index (χ1v) is 12.6. The number of fused-ring (bicyclic) bond motifs is 1. The van der Waals surface area contributed by atoms with E-state index in [4.69, 9.17) is 9.47 Å². The van der Waals surface area contributed by atoms with Crippen molar-refractivity contribution in [1.82, 2.24) is 0 Å². The van der Waals surface area contributed by atoms with Gasteiger partial charge in [0.05, 0.1) is 26.4 Å². The molecule has 0 aromatic heterocycles. The first-order valence-electron chi connectivity index (χ1n) is 12.6. The second-order valence-electron chi connectivity index (χ2n) is 10.8. The summed E-state index contributed by atoms with van der Waals surface area (Å²) in [7, 11) is 0. The summed E-state index contributed by atoms with van der Waals surface area (Å²) in [5.41, 5.74) is 1.85. The quantitative estimate of drug-likeness (QED) is 0.269. The zero-order chi connectivity index (χ0) is 25.1. The second-order valence-corrected chi connectivity index (χ2v) is 10.8. The van der Waals surface area contributed by atoms with E-state index in [2.05, 4.69) is 26.8 Å². The van der Waals surface area contributed by atoms with Crippen LogP contribution in [0.4, 0.5) is 0 Å². The van der Waals surface area contributed by atoms with Gasteiger partial charge in [-0.2, -0.15) is 0 Å². The van der Waals surface area contributed by atoms with Crippen molar-refractivity contribution in [3.8, 4) is 0 Å². The molecule has 0 aromatic rings. The minimum Gasteiger partial charge on any atom is -0.394 e. The molecule has 1 aliphatic heterocycles. The van der Waals surface area contributed by atoms with Gasteiger partial charge in [0.1, 0.15) is 24.4 Å². The number of hydrogen-bond acceptors (Lipinski definition) is 8. The van der Waals surface area contributed by atoms with Crippen LogP contribution in [0.1, 0.15) is 59.3 Å². The van der Waals surface area contributed by atoms with Gasteiger partial charge in [-0.3, -0.25) is 0 Å². The number of hydrogen-bond donors (Lipinski definition) is 6. The van der Waals surface area contributed by atoms with Gasteiger partial charge in [-0.15, -0.1) is 0 Å². The van der Waals surface area contributed by atoms with Gasteiger partial charge in [-0.25, -0.2) is 0 Å². The molecule has 0 aromatic carbocycles. The van der Waals surface area contributed by atoms with Crippen LogP contribution in [0.2, 0.25) is 0 Å². The predicted octanol–water partition coefficient (Wildman–Crippen LogP) is 1.27. The molecule has 8 heteroatoms. The van der Waals surface area contributed by atoms with Crippen molar-refractivity contribution in [1.29, 1.82) is 0 Å². The van der Waals surface area contributed by atoms with Gasteiger partial charge in [-0.05, 0) is 68.3 Å². The highest BCUT2D eigenvalue weighted by Gasteiger charge is 2.56. The summed E-state index contributed by atoms with van der Waals surface area (Å²) >= 11 is 0. The SMILES string of the molecule is CC1=CCC[C@H]2[C@@]1(CO[C@@H]1O[C@H](CO)[C@@H](O)[C@H](O)[C@H]1O)CC[C@@H](C)[C@]2(C)CC/C(=C/CO)CO. The van der Waals surface area contributed by atoms with E-state index in [1.165, 1.54) is 5.57 Å². The Bertz CT molecular complexity index is 736. The van der Waals surface area contributed by atoms with Crippen molar-refractivity contribution in [2.75, 3.05) is 26.4 Å². The van der Waals surface area contributed by atoms with Crippen molar-refractivity contribution in [3.63, 3.8) is 0 Å². The summed E-state index contributed by atoms with van der Waals surface area (Å²) < 4.78 is 11.8. The topological polar surface area (TPSA) is 140 Å². The summed E-state index contributed by atoms with van der Waals surface area (Å²) in [6, 6.07) is 0. The number of aliphatic hydroxyl groups is 6. The third kappa shape index (κ3) is 5.15. The molecule has 1 saturated heterocycles. The molecule has 0 unspecified atom stereocenters. The molecule has 34 heavy (non-hydrogen) atoms. The molecule has 0 bridgehead atoms. The van der Waals surface area contributed by atoms with Crippen LogP contribution in [0.5, 0.6) is 0 Å². The van der Waals surface area contributed by atoms with E-state index in [0.717, 1.165) is 44.1 Å². The van der Waals surface area contributed by atoms with Gasteiger partial charge in [-0.1, -0.05) is 31.6 Å². The zero-order valence-electron chi connectivity index (χ0n) is 20.8. The molecule has 0 radical (unpaired) electrons. The largest absolute Gasteiger partial charge is 0.394 e. The Kier molecular flexibility index (Phi) is 9.36. The molecule has 9 atom stereocenters. The second kappa shape index (κ2) is 11.5. The molecule has 196 valence electrons. The van der Waals surface area contributed by atoms with E-state index in [0.29, 0.717) is 18.4 Å². The maximum absolute atomic E-state index is 10.5. The van der Waals surface area contributed by atoms with Gasteiger partial charge in [0.25, 0.3) is 0 Å². The molecule has 0 spiro atoms. The smallest absolute Gasteiger partial charge is 0.186 e. The summed E-state index contributed by atoms with van der Waals surface area (Å²) in [4.78, 5) is 0. The number of rotatable bonds is 9. The van der Waals surface area contributed by atoms with E-state index in [-0.39, 0.29) is 24.0 Å². The lowest BCUT2D eigenvalue weighted by Crippen LogP contribution is -2.60. The van der Waals surface area contributed by atoms with Gasteiger partial charge in [0.2, 0.25) is 0 Å². The summed E-state index contributed by atoms with van der Waals surface area (Å²) in [5.74, 6) is 0.783. The first kappa shape index (κ1) is 27.7. The Balaban J connectivity index is 1.83. The van der Waals surface area contributed by atoms with Crippen molar-refractivity contribution in [2.45, 2.75) is 90.0 Å². The monoisotopic (exact) mass is 484 g/mol. The van der Waals surface area contributed by atoms with Crippen molar-refractivity contribution >= 4 is 0 Å². The third-order valence-electron chi connectivity index (χ3n) is 9.22. The zero-order valence-corrected chi connectivity index (χ0v) is 20.8. The maximum Gasteiger partial charge on any atom is 0.186 e. The molecule has 1 heterocycles. The van der Waals surface area contributed by atoms with E-state index in [9.17, 15) is 30.6 Å². The highest BCUT2D eigenvalue weighted by molar-refractivity contribution is 5.23. The summed E-state index contributed by atoms with van der Waals surface area (Å²) in [5, 5.41) is 59.2. The standard InChI is InChI=1S/C26H44O8/c1-16-7-11-26(15-33-24-23(32)22(31)21(30)19(14-29)34-24)17(2)5-4-6-20(26)25(16,3)10-8-18(13-28)9-12-27/h5,9,16,19-24,27-32H,4,6-8,10-15H2,1-3H3/b18-9-/t16-,19-,20-,21-,22+,23-,24-,25+,26-/m1/s1. The minimum absolute atomic E-state index is 0.0176. The molecule has 3 aliphatic rings. The molecule has 2 fully saturated rings. The molecule has 2 aliphatic carbocycles. The van der Waals surface area contributed by atoms with Crippen LogP contribution in [0.3, 0.4) is 0 Å². The Morgan fingerprint density at radius 3 is 2.53 bits per heavy atom. The van der Waals surface area contributed by atoms with Crippen LogP contribution >= 0.6 is 0 Å². The van der Waals surface area contributed by atoms with E-state index >= 15 is 0 Å². The Labute approximate surface area is 202 Å². The summed E-state index contributed by atoms with van der Waals surface area (Å²) in [6.45, 7) is 6.46. The lowest BCUT2D eigenvalue weighted by molar-refractivity contribution is -0.308. The van der Waals surface area contributed by atoms with E-state index < -0.39 is 37.3 Å². The Morgan fingerprint density at radius 2 is 1.88 bits per heavy atom. The fourth-order valence-corrected chi connectivity index (χ4v) is 6.65. The maximum atomic E-state index is 10.5. The third-order valence-corrected chi connectivity index (χ3v) is 9.22. The molecular weight excluding hydrogens is 440 g/mol. The Hall–Kier alpha value is -0.840. The minimum atomic E-state index is -1.46.